The summed E-state index contributed by atoms with van der Waals surface area (Å²) in [6.45, 7) is 32.8. The van der Waals surface area contributed by atoms with E-state index in [2.05, 4.69) is 103 Å². The SMILES string of the molecule is C#CC.C=Cc1ccc2cc(CCCCCOC(=C)CC)ccc2c1.CC.CC=O.CCC1=Cc2c(C)cc(C(=O)Oc3ccc(C)c(C)c3)cc2CC1.CCCC.COCCCCCC(C)=O. The molecule has 0 spiro atoms. The maximum atomic E-state index is 12.5. The summed E-state index contributed by atoms with van der Waals surface area (Å²) in [5.41, 5.74) is 10.7. The molecule has 6 heteroatoms. The quantitative estimate of drug-likeness (QED) is 0.0233. The minimum atomic E-state index is -0.283. The van der Waals surface area contributed by atoms with Crippen LogP contribution in [0.15, 0.2) is 91.2 Å². The molecule has 0 saturated heterocycles. The Hall–Kier alpha value is -5.51. The minimum Gasteiger partial charge on any atom is -0.499 e. The molecule has 68 heavy (non-hydrogen) atoms. The Balaban J connectivity index is 0. The average Bonchev–Trinajstić information content (AvgIpc) is 3.34. The average molecular weight is 931 g/mol. The van der Waals surface area contributed by atoms with Gasteiger partial charge in [0.2, 0.25) is 0 Å². The summed E-state index contributed by atoms with van der Waals surface area (Å²) >= 11 is 0. The van der Waals surface area contributed by atoms with Gasteiger partial charge in [0, 0.05) is 26.6 Å². The lowest BCUT2D eigenvalue weighted by Crippen LogP contribution is -2.11. The molecule has 0 aromatic heterocycles. The number of benzene rings is 4. The number of esters is 1. The van der Waals surface area contributed by atoms with Gasteiger partial charge in [0.25, 0.3) is 0 Å². The summed E-state index contributed by atoms with van der Waals surface area (Å²) in [6.07, 6.45) is 24.8. The molecule has 0 aliphatic heterocycles. The second kappa shape index (κ2) is 41.7. The van der Waals surface area contributed by atoms with Crippen LogP contribution in [-0.2, 0) is 31.9 Å². The van der Waals surface area contributed by atoms with Crippen molar-refractivity contribution in [2.24, 2.45) is 0 Å². The Morgan fingerprint density at radius 1 is 0.779 bits per heavy atom. The van der Waals surface area contributed by atoms with Crippen molar-refractivity contribution in [3.63, 3.8) is 0 Å². The highest BCUT2D eigenvalue weighted by Gasteiger charge is 2.17. The van der Waals surface area contributed by atoms with E-state index in [1.54, 1.807) is 21.0 Å². The van der Waals surface area contributed by atoms with Crippen LogP contribution >= 0.6 is 0 Å². The summed E-state index contributed by atoms with van der Waals surface area (Å²) in [5, 5.41) is 2.60. The van der Waals surface area contributed by atoms with Gasteiger partial charge in [0.1, 0.15) is 17.8 Å². The highest BCUT2D eigenvalue weighted by Crippen LogP contribution is 2.30. The number of allylic oxidation sites excluding steroid dienone is 2. The summed E-state index contributed by atoms with van der Waals surface area (Å²) in [7, 11) is 1.70. The molecular weight excluding hydrogens is 841 g/mol. The van der Waals surface area contributed by atoms with E-state index < -0.39 is 0 Å². The fourth-order valence-corrected chi connectivity index (χ4v) is 6.52. The van der Waals surface area contributed by atoms with E-state index in [1.165, 1.54) is 76.8 Å². The number of terminal acetylenes is 1. The molecule has 1 aliphatic carbocycles. The molecule has 0 heterocycles. The first-order chi connectivity index (χ1) is 32.7. The number of aryl methyl sites for hydroxylation is 5. The fraction of sp³-hybridized carbons (Fsp3) is 0.468. The summed E-state index contributed by atoms with van der Waals surface area (Å²) in [4.78, 5) is 31.8. The Kier molecular flexibility index (Phi) is 39.6. The Bertz CT molecular complexity index is 2110. The second-order valence-corrected chi connectivity index (χ2v) is 16.4. The Labute approximate surface area is 415 Å². The van der Waals surface area contributed by atoms with Crippen molar-refractivity contribution >= 4 is 41.0 Å². The van der Waals surface area contributed by atoms with E-state index >= 15 is 0 Å². The van der Waals surface area contributed by atoms with Crippen LogP contribution in [0, 0.1) is 33.1 Å². The van der Waals surface area contributed by atoms with Crippen LogP contribution in [0.2, 0.25) is 0 Å². The molecule has 0 radical (unpaired) electrons. The number of unbranched alkanes of at least 4 members (excludes halogenated alkanes) is 5. The smallest absolute Gasteiger partial charge is 0.343 e. The lowest BCUT2D eigenvalue weighted by molar-refractivity contribution is -0.117. The van der Waals surface area contributed by atoms with Crippen LogP contribution in [0.25, 0.3) is 22.9 Å². The standard InChI is InChI=1S/C22H24O2.C21H26O.C8H16O2.C4H10.C3H4.C2H4O.C2H6/c1-5-17-7-8-18-13-19(10-16(4)21(18)12-17)22(23)24-20-9-6-14(2)15(3)11-20;1-4-17(3)22-14-8-6-7-9-19-11-13-20-15-18(5-2)10-12-21(20)16-19;1-8(9)6-4-3-5-7-10-2;1-3-4-2;1-3-2;1-2-3;1-2/h6,9-13H,5,7-8H2,1-4H3;5,10-13,15-16H,2-4,6-9,14H2,1H3;3-7H2,1-2H3;3-4H2,1-2H3;1H,2H3;2H,1H3;1-2H3. The predicted molar refractivity (Wildman–Crippen MR) is 295 cm³/mol. The number of hydrogen-bond acceptors (Lipinski definition) is 6. The third-order valence-corrected chi connectivity index (χ3v) is 10.8. The number of carbonyl (C=O) groups is 3. The molecule has 374 valence electrons. The molecule has 0 amide bonds. The van der Waals surface area contributed by atoms with E-state index in [0.29, 0.717) is 11.3 Å². The zero-order chi connectivity index (χ0) is 51.7. The fourth-order valence-electron chi connectivity index (χ4n) is 6.52. The van der Waals surface area contributed by atoms with E-state index in [9.17, 15) is 9.59 Å². The third-order valence-electron chi connectivity index (χ3n) is 10.8. The number of fused-ring (bicyclic) bond motifs is 2. The van der Waals surface area contributed by atoms with E-state index in [1.807, 2.05) is 64.1 Å². The first-order valence-electron chi connectivity index (χ1n) is 25.1. The number of rotatable bonds is 19. The van der Waals surface area contributed by atoms with Crippen molar-refractivity contribution in [3.05, 3.63) is 136 Å². The maximum absolute atomic E-state index is 12.5. The Morgan fingerprint density at radius 3 is 1.97 bits per heavy atom. The summed E-state index contributed by atoms with van der Waals surface area (Å²) in [6, 6.07) is 22.9. The number of aldehydes is 1. The molecule has 0 unspecified atom stereocenters. The normalized spacial score (nSPS) is 10.4. The van der Waals surface area contributed by atoms with Gasteiger partial charge in [-0.1, -0.05) is 128 Å². The van der Waals surface area contributed by atoms with Gasteiger partial charge in [0.05, 0.1) is 17.9 Å². The lowest BCUT2D eigenvalue weighted by Gasteiger charge is -2.19. The van der Waals surface area contributed by atoms with Gasteiger partial charge >= 0.3 is 5.97 Å². The summed E-state index contributed by atoms with van der Waals surface area (Å²) in [5.74, 6) is 3.76. The molecule has 5 rings (SSSR count). The number of carbonyl (C=O) groups excluding carboxylic acids is 3. The van der Waals surface area contributed by atoms with Crippen molar-refractivity contribution in [2.75, 3.05) is 20.3 Å². The monoisotopic (exact) mass is 931 g/mol. The van der Waals surface area contributed by atoms with Crippen LogP contribution in [-0.4, -0.2) is 38.4 Å². The first kappa shape index (κ1) is 64.6. The van der Waals surface area contributed by atoms with E-state index in [0.717, 1.165) is 101 Å². The molecular formula is C62H90O6. The zero-order valence-corrected chi connectivity index (χ0v) is 44.8. The number of ketones is 1. The van der Waals surface area contributed by atoms with Gasteiger partial charge in [-0.25, -0.2) is 4.79 Å². The van der Waals surface area contributed by atoms with Gasteiger partial charge in [0.15, 0.2) is 0 Å². The number of hydrogen-bond donors (Lipinski definition) is 0. The topological polar surface area (TPSA) is 78.9 Å². The van der Waals surface area contributed by atoms with Crippen molar-refractivity contribution in [1.29, 1.82) is 0 Å². The third kappa shape index (κ3) is 29.3. The number of Topliss-reactive ketones (excluding diaryl/α,β-unsaturated/α-hetero) is 1. The van der Waals surface area contributed by atoms with E-state index in [4.69, 9.17) is 19.0 Å². The predicted octanol–water partition coefficient (Wildman–Crippen LogP) is 17.2. The largest absolute Gasteiger partial charge is 0.499 e. The minimum absolute atomic E-state index is 0.283. The Morgan fingerprint density at radius 2 is 1.40 bits per heavy atom. The molecule has 0 saturated carbocycles. The molecule has 1 aliphatic rings. The van der Waals surface area contributed by atoms with Crippen LogP contribution in [0.3, 0.4) is 0 Å². The molecule has 6 nitrogen and oxygen atoms in total. The molecule has 0 bridgehead atoms. The van der Waals surface area contributed by atoms with Gasteiger partial charge in [-0.2, -0.15) is 0 Å². The highest BCUT2D eigenvalue weighted by molar-refractivity contribution is 5.92. The van der Waals surface area contributed by atoms with Gasteiger partial charge in [-0.15, -0.1) is 12.3 Å². The van der Waals surface area contributed by atoms with Gasteiger partial charge < -0.3 is 23.8 Å². The van der Waals surface area contributed by atoms with Crippen LogP contribution in [0.4, 0.5) is 0 Å². The van der Waals surface area contributed by atoms with Gasteiger partial charge in [-0.3, -0.25) is 0 Å². The van der Waals surface area contributed by atoms with Crippen molar-refractivity contribution < 1.29 is 28.6 Å². The molecule has 0 fully saturated rings. The van der Waals surface area contributed by atoms with E-state index in [-0.39, 0.29) is 11.8 Å². The number of ether oxygens (including phenoxy) is 3. The second-order valence-electron chi connectivity index (χ2n) is 16.4. The van der Waals surface area contributed by atoms with Crippen LogP contribution < -0.4 is 4.74 Å². The number of methoxy groups -OCH3 is 1. The molecule has 0 atom stereocenters. The van der Waals surface area contributed by atoms with Crippen molar-refractivity contribution in [3.8, 4) is 18.1 Å². The van der Waals surface area contributed by atoms with Gasteiger partial charge in [-0.05, 0) is 179 Å². The van der Waals surface area contributed by atoms with Crippen LogP contribution in [0.5, 0.6) is 5.75 Å². The molecule has 4 aromatic carbocycles. The highest BCUT2D eigenvalue weighted by atomic mass is 16.5. The lowest BCUT2D eigenvalue weighted by atomic mass is 9.87. The van der Waals surface area contributed by atoms with Crippen LogP contribution in [0.1, 0.15) is 189 Å². The zero-order valence-electron chi connectivity index (χ0n) is 44.8. The molecule has 4 aromatic rings. The summed E-state index contributed by atoms with van der Waals surface area (Å²) < 4.78 is 16.0. The van der Waals surface area contributed by atoms with Crippen molar-refractivity contribution in [2.45, 2.75) is 173 Å². The van der Waals surface area contributed by atoms with Crippen molar-refractivity contribution in [1.82, 2.24) is 0 Å². The molecule has 0 N–H and O–H groups in total. The first-order valence-corrected chi connectivity index (χ1v) is 25.1. The maximum Gasteiger partial charge on any atom is 0.343 e.